The largest absolute Gasteiger partial charge is 0.350 e. The summed E-state index contributed by atoms with van der Waals surface area (Å²) in [4.78, 5) is 16.4. The van der Waals surface area contributed by atoms with E-state index in [1.54, 1.807) is 6.20 Å². The lowest BCUT2D eigenvalue weighted by molar-refractivity contribution is -0.121. The molecular formula is C17H22ClN3O. The number of hydrogen-bond acceptors (Lipinski definition) is 2. The minimum absolute atomic E-state index is 0.0304. The molecule has 1 atom stereocenters. The van der Waals surface area contributed by atoms with Crippen LogP contribution < -0.4 is 5.32 Å². The topological polar surface area (TPSA) is 46.9 Å². The van der Waals surface area contributed by atoms with Crippen LogP contribution in [0, 0.1) is 0 Å². The third kappa shape index (κ3) is 4.34. The van der Waals surface area contributed by atoms with Crippen LogP contribution in [-0.2, 0) is 11.3 Å². The summed E-state index contributed by atoms with van der Waals surface area (Å²) in [5.41, 5.74) is 1.04. The van der Waals surface area contributed by atoms with Crippen LogP contribution in [0.3, 0.4) is 0 Å². The fourth-order valence-electron chi connectivity index (χ4n) is 2.38. The Morgan fingerprint density at radius 1 is 1.27 bits per heavy atom. The number of benzene rings is 1. The molecular weight excluding hydrogens is 298 g/mol. The second-order valence-corrected chi connectivity index (χ2v) is 6.16. The summed E-state index contributed by atoms with van der Waals surface area (Å²) in [6.45, 7) is 6.81. The van der Waals surface area contributed by atoms with Crippen LogP contribution in [0.1, 0.15) is 50.5 Å². The van der Waals surface area contributed by atoms with Gasteiger partial charge in [0.2, 0.25) is 5.91 Å². The Morgan fingerprint density at radius 2 is 1.95 bits per heavy atom. The zero-order valence-corrected chi connectivity index (χ0v) is 14.0. The normalized spacial score (nSPS) is 12.4. The highest BCUT2D eigenvalue weighted by atomic mass is 35.5. The van der Waals surface area contributed by atoms with Crippen molar-refractivity contribution in [1.82, 2.24) is 14.9 Å². The van der Waals surface area contributed by atoms with Gasteiger partial charge in [0.15, 0.2) is 0 Å². The van der Waals surface area contributed by atoms with Crippen molar-refractivity contribution >= 4 is 17.5 Å². The van der Waals surface area contributed by atoms with Crippen molar-refractivity contribution in [3.8, 4) is 0 Å². The minimum Gasteiger partial charge on any atom is -0.350 e. The number of carbonyl (C=O) groups is 1. The predicted molar refractivity (Wildman–Crippen MR) is 88.9 cm³/mol. The van der Waals surface area contributed by atoms with E-state index in [0.29, 0.717) is 23.9 Å². The molecule has 0 radical (unpaired) electrons. The second kappa shape index (κ2) is 7.45. The number of aryl methyl sites for hydroxylation is 1. The number of hydrogen-bond donors (Lipinski definition) is 1. The summed E-state index contributed by atoms with van der Waals surface area (Å²) < 4.78 is 2.04. The van der Waals surface area contributed by atoms with Crippen LogP contribution in [0.15, 0.2) is 36.7 Å². The molecule has 1 aromatic carbocycles. The molecule has 0 saturated heterocycles. The number of aromatic nitrogens is 2. The van der Waals surface area contributed by atoms with Gasteiger partial charge in [-0.3, -0.25) is 4.79 Å². The quantitative estimate of drug-likeness (QED) is 0.877. The number of nitrogens with one attached hydrogen (secondary N) is 1. The maximum absolute atomic E-state index is 12.1. The number of amides is 1. The summed E-state index contributed by atoms with van der Waals surface area (Å²) in [7, 11) is 0. The minimum atomic E-state index is -0.0304. The van der Waals surface area contributed by atoms with E-state index in [1.165, 1.54) is 0 Å². The van der Waals surface area contributed by atoms with Gasteiger partial charge in [-0.1, -0.05) is 37.6 Å². The number of imidazole rings is 1. The van der Waals surface area contributed by atoms with E-state index in [0.717, 1.165) is 11.4 Å². The average Bonchev–Trinajstić information content (AvgIpc) is 2.94. The van der Waals surface area contributed by atoms with Gasteiger partial charge in [0.1, 0.15) is 5.82 Å². The van der Waals surface area contributed by atoms with Gasteiger partial charge in [-0.25, -0.2) is 4.98 Å². The van der Waals surface area contributed by atoms with Gasteiger partial charge in [-0.15, -0.1) is 0 Å². The summed E-state index contributed by atoms with van der Waals surface area (Å²) in [5.74, 6) is 1.40. The first-order valence-corrected chi connectivity index (χ1v) is 7.91. The van der Waals surface area contributed by atoms with Gasteiger partial charge in [0, 0.05) is 36.3 Å². The molecule has 118 valence electrons. The molecule has 1 N–H and O–H groups in total. The summed E-state index contributed by atoms with van der Waals surface area (Å²) in [6, 6.07) is 7.50. The third-order valence-corrected chi connectivity index (χ3v) is 3.84. The summed E-state index contributed by atoms with van der Waals surface area (Å²) in [5, 5.41) is 3.71. The highest BCUT2D eigenvalue weighted by Gasteiger charge is 2.11. The maximum Gasteiger partial charge on any atom is 0.222 e. The van der Waals surface area contributed by atoms with E-state index in [4.69, 9.17) is 11.6 Å². The Morgan fingerprint density at radius 3 is 2.59 bits per heavy atom. The Labute approximate surface area is 136 Å². The third-order valence-electron chi connectivity index (χ3n) is 3.59. The number of rotatable bonds is 6. The zero-order valence-electron chi connectivity index (χ0n) is 13.2. The van der Waals surface area contributed by atoms with Crippen LogP contribution in [-0.4, -0.2) is 15.5 Å². The lowest BCUT2D eigenvalue weighted by Gasteiger charge is -2.15. The number of carbonyl (C=O) groups excluding carboxylic acids is 1. The Balaban J connectivity index is 1.87. The molecule has 1 amide bonds. The van der Waals surface area contributed by atoms with E-state index in [1.807, 2.05) is 42.0 Å². The van der Waals surface area contributed by atoms with Crippen molar-refractivity contribution in [1.29, 1.82) is 0 Å². The van der Waals surface area contributed by atoms with Gasteiger partial charge in [-0.05, 0) is 24.6 Å². The van der Waals surface area contributed by atoms with Gasteiger partial charge < -0.3 is 9.88 Å². The van der Waals surface area contributed by atoms with Gasteiger partial charge >= 0.3 is 0 Å². The van der Waals surface area contributed by atoms with Crippen LogP contribution in [0.4, 0.5) is 0 Å². The SMILES string of the molecule is CC(C)c1nccn1CCC(=O)NC(C)c1ccc(Cl)cc1. The number of nitrogens with zero attached hydrogens (tertiary/aromatic N) is 2. The Kier molecular flexibility index (Phi) is 5.61. The van der Waals surface area contributed by atoms with Crippen molar-refractivity contribution in [2.75, 3.05) is 0 Å². The molecule has 0 spiro atoms. The maximum atomic E-state index is 12.1. The van der Waals surface area contributed by atoms with Crippen molar-refractivity contribution in [2.24, 2.45) is 0 Å². The zero-order chi connectivity index (χ0) is 16.1. The van der Waals surface area contributed by atoms with Crippen LogP contribution in [0.2, 0.25) is 5.02 Å². The van der Waals surface area contributed by atoms with Crippen molar-refractivity contribution in [3.63, 3.8) is 0 Å². The monoisotopic (exact) mass is 319 g/mol. The molecule has 0 bridgehead atoms. The first-order chi connectivity index (χ1) is 10.5. The fourth-order valence-corrected chi connectivity index (χ4v) is 2.51. The average molecular weight is 320 g/mol. The van der Waals surface area contributed by atoms with E-state index in [2.05, 4.69) is 24.1 Å². The van der Waals surface area contributed by atoms with Crippen molar-refractivity contribution < 1.29 is 4.79 Å². The molecule has 1 aromatic heterocycles. The smallest absolute Gasteiger partial charge is 0.222 e. The molecule has 2 aromatic rings. The molecule has 1 heterocycles. The molecule has 0 fully saturated rings. The first-order valence-electron chi connectivity index (χ1n) is 7.53. The van der Waals surface area contributed by atoms with Crippen molar-refractivity contribution in [2.45, 2.75) is 45.7 Å². The lowest BCUT2D eigenvalue weighted by atomic mass is 10.1. The number of halogens is 1. The second-order valence-electron chi connectivity index (χ2n) is 5.72. The molecule has 0 saturated carbocycles. The van der Waals surface area contributed by atoms with Crippen molar-refractivity contribution in [3.05, 3.63) is 53.1 Å². The standard InChI is InChI=1S/C17H22ClN3O/c1-12(2)17-19-9-11-21(17)10-8-16(22)20-13(3)14-4-6-15(18)7-5-14/h4-7,9,11-13H,8,10H2,1-3H3,(H,20,22). The first kappa shape index (κ1) is 16.6. The molecule has 0 aliphatic rings. The lowest BCUT2D eigenvalue weighted by Crippen LogP contribution is -2.27. The summed E-state index contributed by atoms with van der Waals surface area (Å²) >= 11 is 5.87. The predicted octanol–water partition coefficient (Wildman–Crippen LogP) is 3.93. The molecule has 5 heteroatoms. The Bertz CT molecular complexity index is 619. The Hall–Kier alpha value is -1.81. The van der Waals surface area contributed by atoms with E-state index < -0.39 is 0 Å². The molecule has 4 nitrogen and oxygen atoms in total. The molecule has 22 heavy (non-hydrogen) atoms. The molecule has 0 aliphatic heterocycles. The molecule has 0 aliphatic carbocycles. The van der Waals surface area contributed by atoms with E-state index in [9.17, 15) is 4.79 Å². The fraction of sp³-hybridized carbons (Fsp3) is 0.412. The van der Waals surface area contributed by atoms with Crippen LogP contribution in [0.5, 0.6) is 0 Å². The van der Waals surface area contributed by atoms with Gasteiger partial charge in [-0.2, -0.15) is 0 Å². The van der Waals surface area contributed by atoms with E-state index >= 15 is 0 Å². The highest BCUT2D eigenvalue weighted by molar-refractivity contribution is 6.30. The molecule has 2 rings (SSSR count). The molecule has 1 unspecified atom stereocenters. The van der Waals surface area contributed by atoms with E-state index in [-0.39, 0.29) is 11.9 Å². The summed E-state index contributed by atoms with van der Waals surface area (Å²) in [6.07, 6.45) is 4.14. The van der Waals surface area contributed by atoms with Gasteiger partial charge in [0.25, 0.3) is 0 Å². The van der Waals surface area contributed by atoms with Crippen LogP contribution >= 0.6 is 11.6 Å². The van der Waals surface area contributed by atoms with Crippen LogP contribution in [0.25, 0.3) is 0 Å². The van der Waals surface area contributed by atoms with Gasteiger partial charge in [0.05, 0.1) is 6.04 Å². The highest BCUT2D eigenvalue weighted by Crippen LogP contribution is 2.16.